The van der Waals surface area contributed by atoms with Gasteiger partial charge in [0, 0.05) is 13.1 Å². The summed E-state index contributed by atoms with van der Waals surface area (Å²) in [6.45, 7) is 3.03. The zero-order chi connectivity index (χ0) is 24.3. The van der Waals surface area contributed by atoms with E-state index in [0.717, 1.165) is 17.0 Å². The number of aromatic nitrogens is 1. The molecule has 2 heterocycles. The lowest BCUT2D eigenvalue weighted by Crippen LogP contribution is -2.39. The number of halogens is 3. The molecule has 4 amide bonds. The second-order valence-corrected chi connectivity index (χ2v) is 9.75. The highest BCUT2D eigenvalue weighted by Crippen LogP contribution is 2.56. The molecule has 2 aliphatic rings. The summed E-state index contributed by atoms with van der Waals surface area (Å²) in [7, 11) is -5.58. The quantitative estimate of drug-likeness (QED) is 0.670. The number of hydrogen-bond donors (Lipinski definition) is 1. The molecule has 174 valence electrons. The number of urea groups is 1. The summed E-state index contributed by atoms with van der Waals surface area (Å²) in [6.07, 6.45) is 3.05. The lowest BCUT2D eigenvalue weighted by molar-refractivity contribution is -0.119. The van der Waals surface area contributed by atoms with Gasteiger partial charge < -0.3 is 5.32 Å². The standard InChI is InChI=1S/C20H17F3N4O5S/c1-11-9-19(11)17(29)26(13-3-5-14(6-4-13)33(31,32)20(21,22)23)18(30)27(19)16-7-8-24-10-15(16)25-12(2)28/h3-8,10-11H,9H2,1-2H3,(H,25,28). The van der Waals surface area contributed by atoms with Crippen molar-refractivity contribution in [3.63, 3.8) is 0 Å². The van der Waals surface area contributed by atoms with Crippen molar-refractivity contribution in [2.24, 2.45) is 5.92 Å². The minimum Gasteiger partial charge on any atom is -0.323 e. The number of pyridine rings is 1. The van der Waals surface area contributed by atoms with E-state index in [-0.39, 0.29) is 23.0 Å². The van der Waals surface area contributed by atoms with Gasteiger partial charge in [-0.25, -0.2) is 18.1 Å². The summed E-state index contributed by atoms with van der Waals surface area (Å²) >= 11 is 0. The average molecular weight is 482 g/mol. The fraction of sp³-hybridized carbons (Fsp3) is 0.300. The maximum absolute atomic E-state index is 13.4. The first-order chi connectivity index (χ1) is 15.3. The van der Waals surface area contributed by atoms with Crippen LogP contribution in [0.15, 0.2) is 47.6 Å². The van der Waals surface area contributed by atoms with Crippen LogP contribution >= 0.6 is 0 Å². The molecule has 0 bridgehead atoms. The van der Waals surface area contributed by atoms with E-state index >= 15 is 0 Å². The molecule has 1 saturated heterocycles. The van der Waals surface area contributed by atoms with E-state index in [4.69, 9.17) is 0 Å². The second-order valence-electron chi connectivity index (χ2n) is 7.81. The topological polar surface area (TPSA) is 117 Å². The molecule has 0 radical (unpaired) electrons. The summed E-state index contributed by atoms with van der Waals surface area (Å²) in [5.74, 6) is -1.25. The van der Waals surface area contributed by atoms with Gasteiger partial charge in [0.2, 0.25) is 5.91 Å². The van der Waals surface area contributed by atoms with Crippen molar-refractivity contribution in [1.29, 1.82) is 0 Å². The molecule has 2 fully saturated rings. The predicted octanol–water partition coefficient (Wildman–Crippen LogP) is 3.09. The number of anilines is 3. The van der Waals surface area contributed by atoms with Crippen molar-refractivity contribution in [3.05, 3.63) is 42.7 Å². The van der Waals surface area contributed by atoms with Crippen LogP contribution in [0.3, 0.4) is 0 Å². The Balaban J connectivity index is 1.76. The summed E-state index contributed by atoms with van der Waals surface area (Å²) in [4.78, 5) is 43.3. The molecule has 1 aromatic carbocycles. The summed E-state index contributed by atoms with van der Waals surface area (Å²) in [5.41, 5.74) is -6.36. The summed E-state index contributed by atoms with van der Waals surface area (Å²) in [6, 6.07) is 4.01. The fourth-order valence-corrected chi connectivity index (χ4v) is 4.75. The minimum atomic E-state index is -5.58. The minimum absolute atomic E-state index is 0.0813. The first-order valence-electron chi connectivity index (χ1n) is 9.64. The van der Waals surface area contributed by atoms with Crippen molar-refractivity contribution in [1.82, 2.24) is 4.98 Å². The molecule has 1 aromatic heterocycles. The Labute approximate surface area is 186 Å². The second kappa shape index (κ2) is 7.27. The van der Waals surface area contributed by atoms with Crippen LogP contribution in [-0.2, 0) is 19.4 Å². The van der Waals surface area contributed by atoms with Crippen molar-refractivity contribution in [2.75, 3.05) is 15.1 Å². The third kappa shape index (κ3) is 3.34. The molecule has 1 saturated carbocycles. The third-order valence-electron chi connectivity index (χ3n) is 5.69. The van der Waals surface area contributed by atoms with Crippen LogP contribution in [0.2, 0.25) is 0 Å². The number of alkyl halides is 3. The molecule has 4 rings (SSSR count). The molecule has 13 heteroatoms. The van der Waals surface area contributed by atoms with Crippen molar-refractivity contribution < 1.29 is 36.0 Å². The molecular formula is C20H17F3N4O5S. The Morgan fingerprint density at radius 3 is 2.30 bits per heavy atom. The molecule has 9 nitrogen and oxygen atoms in total. The van der Waals surface area contributed by atoms with Gasteiger partial charge >= 0.3 is 11.5 Å². The lowest BCUT2D eigenvalue weighted by atomic mass is 10.1. The van der Waals surface area contributed by atoms with Crippen LogP contribution in [0.25, 0.3) is 0 Å². The number of nitrogens with zero attached hydrogens (tertiary/aromatic N) is 3. The van der Waals surface area contributed by atoms with Gasteiger partial charge in [-0.15, -0.1) is 0 Å². The van der Waals surface area contributed by atoms with Crippen molar-refractivity contribution >= 4 is 44.7 Å². The molecular weight excluding hydrogens is 465 g/mol. The monoisotopic (exact) mass is 482 g/mol. The van der Waals surface area contributed by atoms with E-state index in [1.165, 1.54) is 30.3 Å². The third-order valence-corrected chi connectivity index (χ3v) is 7.19. The van der Waals surface area contributed by atoms with E-state index in [1.807, 2.05) is 0 Å². The summed E-state index contributed by atoms with van der Waals surface area (Å²) in [5, 5.41) is 2.56. The molecule has 1 aliphatic carbocycles. The Morgan fingerprint density at radius 1 is 1.18 bits per heavy atom. The van der Waals surface area contributed by atoms with Crippen LogP contribution in [0.1, 0.15) is 20.3 Å². The maximum atomic E-state index is 13.4. The van der Waals surface area contributed by atoms with E-state index in [9.17, 15) is 36.0 Å². The Morgan fingerprint density at radius 2 is 1.79 bits per heavy atom. The predicted molar refractivity (Wildman–Crippen MR) is 110 cm³/mol. The smallest absolute Gasteiger partial charge is 0.323 e. The molecule has 33 heavy (non-hydrogen) atoms. The highest BCUT2D eigenvalue weighted by atomic mass is 32.2. The maximum Gasteiger partial charge on any atom is 0.501 e. The van der Waals surface area contributed by atoms with Crippen LogP contribution in [-0.4, -0.2) is 42.3 Å². The van der Waals surface area contributed by atoms with Crippen molar-refractivity contribution in [3.8, 4) is 0 Å². The SMILES string of the molecule is CC(=O)Nc1cnccc1N1C(=O)N(c2ccc(S(=O)(=O)C(F)(F)F)cc2)C(=O)C12CC2C. The number of sulfone groups is 1. The van der Waals surface area contributed by atoms with Gasteiger partial charge in [0.1, 0.15) is 5.54 Å². The van der Waals surface area contributed by atoms with Crippen LogP contribution in [0, 0.1) is 5.92 Å². The number of carbonyl (C=O) groups excluding carboxylic acids is 3. The number of carbonyl (C=O) groups is 3. The highest BCUT2D eigenvalue weighted by Gasteiger charge is 2.71. The van der Waals surface area contributed by atoms with Crippen molar-refractivity contribution in [2.45, 2.75) is 36.2 Å². The Kier molecular flexibility index (Phi) is 5.00. The summed E-state index contributed by atoms with van der Waals surface area (Å²) < 4.78 is 61.7. The van der Waals surface area contributed by atoms with Gasteiger partial charge in [-0.2, -0.15) is 13.2 Å². The van der Waals surface area contributed by atoms with Crippen LogP contribution in [0.4, 0.5) is 35.0 Å². The molecule has 2 aromatic rings. The van der Waals surface area contributed by atoms with E-state index in [1.54, 1.807) is 6.92 Å². The molecule has 1 spiro atoms. The van der Waals surface area contributed by atoms with E-state index in [0.29, 0.717) is 18.6 Å². The molecule has 1 N–H and O–H groups in total. The largest absolute Gasteiger partial charge is 0.501 e. The van der Waals surface area contributed by atoms with E-state index in [2.05, 4.69) is 10.3 Å². The Bertz CT molecular complexity index is 1280. The van der Waals surface area contributed by atoms with Gasteiger partial charge in [0.15, 0.2) is 0 Å². The normalized spacial score (nSPS) is 22.8. The fourth-order valence-electron chi connectivity index (χ4n) is 3.99. The highest BCUT2D eigenvalue weighted by molar-refractivity contribution is 7.92. The number of hydrogen-bond acceptors (Lipinski definition) is 6. The van der Waals surface area contributed by atoms with E-state index < -0.39 is 43.6 Å². The molecule has 2 atom stereocenters. The number of benzene rings is 1. The van der Waals surface area contributed by atoms with Gasteiger partial charge in [-0.05, 0) is 42.7 Å². The first kappa shape index (κ1) is 22.7. The first-order valence-corrected chi connectivity index (χ1v) is 11.1. The Hall–Kier alpha value is -3.48. The lowest BCUT2D eigenvalue weighted by Gasteiger charge is -2.24. The number of rotatable bonds is 4. The average Bonchev–Trinajstić information content (AvgIpc) is 3.34. The van der Waals surface area contributed by atoms with Crippen LogP contribution in [0.5, 0.6) is 0 Å². The van der Waals surface area contributed by atoms with Crippen LogP contribution < -0.4 is 15.1 Å². The molecule has 1 aliphatic heterocycles. The molecule has 2 unspecified atom stereocenters. The van der Waals surface area contributed by atoms with Gasteiger partial charge in [0.05, 0.1) is 28.2 Å². The number of nitrogens with one attached hydrogen (secondary N) is 1. The van der Waals surface area contributed by atoms with Gasteiger partial charge in [-0.3, -0.25) is 19.5 Å². The van der Waals surface area contributed by atoms with Gasteiger partial charge in [-0.1, -0.05) is 6.92 Å². The number of imide groups is 1. The number of amides is 4. The van der Waals surface area contributed by atoms with Gasteiger partial charge in [0.25, 0.3) is 15.7 Å². The zero-order valence-corrected chi connectivity index (χ0v) is 18.1. The zero-order valence-electron chi connectivity index (χ0n) is 17.3.